The summed E-state index contributed by atoms with van der Waals surface area (Å²) in [6, 6.07) is 14.8. The highest BCUT2D eigenvalue weighted by Crippen LogP contribution is 2.34. The Hall–Kier alpha value is -1.87. The second kappa shape index (κ2) is 5.63. The van der Waals surface area contributed by atoms with Crippen molar-refractivity contribution in [3.63, 3.8) is 0 Å². The van der Waals surface area contributed by atoms with Crippen LogP contribution >= 0.6 is 0 Å². The fraction of sp³-hybridized carbons (Fsp3) is 0.294. The SMILES string of the molecule is CCNC(c1ccccc1F)C1Cc2ccccc2O1. The minimum atomic E-state index is -0.182. The zero-order valence-corrected chi connectivity index (χ0v) is 11.5. The van der Waals surface area contributed by atoms with Crippen molar-refractivity contribution in [3.8, 4) is 5.75 Å². The van der Waals surface area contributed by atoms with E-state index in [2.05, 4.69) is 11.4 Å². The van der Waals surface area contributed by atoms with E-state index in [9.17, 15) is 4.39 Å². The third-order valence-electron chi connectivity index (χ3n) is 3.71. The molecule has 0 fully saturated rings. The Kier molecular flexibility index (Phi) is 3.70. The van der Waals surface area contributed by atoms with E-state index in [-0.39, 0.29) is 18.0 Å². The second-order valence-electron chi connectivity index (χ2n) is 5.03. The van der Waals surface area contributed by atoms with E-state index < -0.39 is 0 Å². The first-order valence-corrected chi connectivity index (χ1v) is 7.02. The summed E-state index contributed by atoms with van der Waals surface area (Å²) in [6.45, 7) is 2.80. The summed E-state index contributed by atoms with van der Waals surface area (Å²) < 4.78 is 20.1. The fourth-order valence-corrected chi connectivity index (χ4v) is 2.78. The number of fused-ring (bicyclic) bond motifs is 1. The van der Waals surface area contributed by atoms with E-state index in [1.807, 2.05) is 37.3 Å². The third-order valence-corrected chi connectivity index (χ3v) is 3.71. The van der Waals surface area contributed by atoms with Crippen molar-refractivity contribution >= 4 is 0 Å². The molecule has 20 heavy (non-hydrogen) atoms. The highest BCUT2D eigenvalue weighted by molar-refractivity contribution is 5.38. The van der Waals surface area contributed by atoms with Crippen LogP contribution in [-0.2, 0) is 6.42 Å². The highest BCUT2D eigenvalue weighted by Gasteiger charge is 2.32. The Bertz CT molecular complexity index is 574. The van der Waals surface area contributed by atoms with Crippen molar-refractivity contribution in [1.29, 1.82) is 0 Å². The van der Waals surface area contributed by atoms with Gasteiger partial charge in [0, 0.05) is 12.0 Å². The van der Waals surface area contributed by atoms with E-state index in [0.29, 0.717) is 5.56 Å². The van der Waals surface area contributed by atoms with Gasteiger partial charge in [0.2, 0.25) is 0 Å². The molecule has 2 aromatic carbocycles. The van der Waals surface area contributed by atoms with Crippen molar-refractivity contribution in [1.82, 2.24) is 5.32 Å². The summed E-state index contributed by atoms with van der Waals surface area (Å²) in [6.07, 6.45) is 0.742. The quantitative estimate of drug-likeness (QED) is 0.919. The van der Waals surface area contributed by atoms with Gasteiger partial charge in [0.15, 0.2) is 0 Å². The minimum absolute atomic E-state index is 0.0655. The van der Waals surface area contributed by atoms with Gasteiger partial charge >= 0.3 is 0 Å². The molecular weight excluding hydrogens is 253 g/mol. The molecule has 0 saturated heterocycles. The van der Waals surface area contributed by atoms with Crippen molar-refractivity contribution in [3.05, 3.63) is 65.5 Å². The number of hydrogen-bond donors (Lipinski definition) is 1. The largest absolute Gasteiger partial charge is 0.488 e. The van der Waals surface area contributed by atoms with Gasteiger partial charge in [0.05, 0.1) is 6.04 Å². The van der Waals surface area contributed by atoms with E-state index >= 15 is 0 Å². The van der Waals surface area contributed by atoms with Crippen LogP contribution in [0.15, 0.2) is 48.5 Å². The number of likely N-dealkylation sites (N-methyl/N-ethyl adjacent to an activating group) is 1. The smallest absolute Gasteiger partial charge is 0.128 e. The van der Waals surface area contributed by atoms with Crippen LogP contribution in [0.25, 0.3) is 0 Å². The molecule has 0 spiro atoms. The predicted molar refractivity (Wildman–Crippen MR) is 77.4 cm³/mol. The molecule has 2 aromatic rings. The standard InChI is InChI=1S/C17H18FNO/c1-2-19-17(13-8-4-5-9-14(13)18)16-11-12-7-3-6-10-15(12)20-16/h3-10,16-17,19H,2,11H2,1H3. The molecule has 0 radical (unpaired) electrons. The predicted octanol–water partition coefficient (Wildman–Crippen LogP) is 3.48. The minimum Gasteiger partial charge on any atom is -0.488 e. The lowest BCUT2D eigenvalue weighted by atomic mass is 9.97. The summed E-state index contributed by atoms with van der Waals surface area (Å²) in [7, 11) is 0. The number of rotatable bonds is 4. The van der Waals surface area contributed by atoms with Crippen molar-refractivity contribution in [2.24, 2.45) is 0 Å². The van der Waals surface area contributed by atoms with E-state index in [1.165, 1.54) is 11.6 Å². The molecule has 2 atom stereocenters. The number of benzene rings is 2. The van der Waals surface area contributed by atoms with Gasteiger partial charge in [-0.3, -0.25) is 0 Å². The maximum Gasteiger partial charge on any atom is 0.128 e. The third kappa shape index (κ3) is 2.41. The molecule has 0 aliphatic carbocycles. The first kappa shape index (κ1) is 13.1. The van der Waals surface area contributed by atoms with Crippen LogP contribution < -0.4 is 10.1 Å². The first-order valence-electron chi connectivity index (χ1n) is 7.02. The molecule has 1 N–H and O–H groups in total. The Morgan fingerprint density at radius 3 is 2.70 bits per heavy atom. The molecule has 3 heteroatoms. The monoisotopic (exact) mass is 271 g/mol. The number of halogens is 1. The molecule has 3 rings (SSSR count). The van der Waals surface area contributed by atoms with Crippen molar-refractivity contribution in [2.75, 3.05) is 6.54 Å². The summed E-state index contributed by atoms with van der Waals surface area (Å²) in [4.78, 5) is 0. The van der Waals surface area contributed by atoms with Gasteiger partial charge in [-0.15, -0.1) is 0 Å². The van der Waals surface area contributed by atoms with Crippen molar-refractivity contribution < 1.29 is 9.13 Å². The zero-order chi connectivity index (χ0) is 13.9. The lowest BCUT2D eigenvalue weighted by Gasteiger charge is -2.25. The van der Waals surface area contributed by atoms with E-state index in [1.54, 1.807) is 6.07 Å². The van der Waals surface area contributed by atoms with Crippen LogP contribution in [0.1, 0.15) is 24.1 Å². The Morgan fingerprint density at radius 1 is 1.20 bits per heavy atom. The van der Waals surface area contributed by atoms with E-state index in [0.717, 1.165) is 18.7 Å². The Balaban J connectivity index is 1.88. The Morgan fingerprint density at radius 2 is 1.95 bits per heavy atom. The van der Waals surface area contributed by atoms with Gasteiger partial charge in [-0.2, -0.15) is 0 Å². The number of ether oxygens (including phenoxy) is 1. The zero-order valence-electron chi connectivity index (χ0n) is 11.5. The second-order valence-corrected chi connectivity index (χ2v) is 5.03. The van der Waals surface area contributed by atoms with Gasteiger partial charge in [0.1, 0.15) is 17.7 Å². The lowest BCUT2D eigenvalue weighted by Crippen LogP contribution is -2.35. The van der Waals surface area contributed by atoms with Crippen LogP contribution in [0.3, 0.4) is 0 Å². The fourth-order valence-electron chi connectivity index (χ4n) is 2.78. The summed E-state index contributed by atoms with van der Waals surface area (Å²) in [5.74, 6) is 0.731. The van der Waals surface area contributed by atoms with Crippen LogP contribution in [0.5, 0.6) is 5.75 Å². The molecule has 104 valence electrons. The van der Waals surface area contributed by atoms with Crippen LogP contribution in [0.2, 0.25) is 0 Å². The highest BCUT2D eigenvalue weighted by atomic mass is 19.1. The topological polar surface area (TPSA) is 21.3 Å². The molecule has 2 unspecified atom stereocenters. The number of hydrogen-bond acceptors (Lipinski definition) is 2. The molecule has 1 heterocycles. The number of nitrogens with one attached hydrogen (secondary N) is 1. The molecule has 0 amide bonds. The van der Waals surface area contributed by atoms with Crippen molar-refractivity contribution in [2.45, 2.75) is 25.5 Å². The first-order chi connectivity index (χ1) is 9.79. The summed E-state index contributed by atoms with van der Waals surface area (Å²) in [5.41, 5.74) is 1.86. The van der Waals surface area contributed by atoms with Crippen LogP contribution in [-0.4, -0.2) is 12.6 Å². The molecule has 0 bridgehead atoms. The molecule has 2 nitrogen and oxygen atoms in total. The van der Waals surface area contributed by atoms with Crippen LogP contribution in [0.4, 0.5) is 4.39 Å². The molecule has 1 aliphatic rings. The van der Waals surface area contributed by atoms with E-state index in [4.69, 9.17) is 4.74 Å². The van der Waals surface area contributed by atoms with Gasteiger partial charge in [-0.05, 0) is 24.2 Å². The van der Waals surface area contributed by atoms with Gasteiger partial charge in [-0.25, -0.2) is 4.39 Å². The Labute approximate surface area is 118 Å². The molecule has 0 aromatic heterocycles. The van der Waals surface area contributed by atoms with Crippen LogP contribution in [0, 0.1) is 5.82 Å². The molecule has 1 aliphatic heterocycles. The number of para-hydroxylation sites is 1. The average Bonchev–Trinajstić information content (AvgIpc) is 2.89. The normalized spacial score (nSPS) is 18.4. The average molecular weight is 271 g/mol. The maximum absolute atomic E-state index is 14.0. The summed E-state index contributed by atoms with van der Waals surface area (Å²) in [5, 5.41) is 3.35. The lowest BCUT2D eigenvalue weighted by molar-refractivity contribution is 0.177. The molecular formula is C17H18FNO. The van der Waals surface area contributed by atoms with Gasteiger partial charge < -0.3 is 10.1 Å². The molecule has 0 saturated carbocycles. The van der Waals surface area contributed by atoms with Gasteiger partial charge in [0.25, 0.3) is 0 Å². The van der Waals surface area contributed by atoms with Gasteiger partial charge in [-0.1, -0.05) is 43.3 Å². The summed E-state index contributed by atoms with van der Waals surface area (Å²) >= 11 is 0. The maximum atomic E-state index is 14.0.